The normalized spacial score (nSPS) is 26.1. The molecule has 2 aliphatic carbocycles. The summed E-state index contributed by atoms with van der Waals surface area (Å²) >= 11 is 0. The van der Waals surface area contributed by atoms with Gasteiger partial charge in [0.25, 0.3) is 0 Å². The van der Waals surface area contributed by atoms with Crippen molar-refractivity contribution in [2.75, 3.05) is 6.26 Å². The van der Waals surface area contributed by atoms with Crippen LogP contribution in [0.5, 0.6) is 0 Å². The summed E-state index contributed by atoms with van der Waals surface area (Å²) in [5.74, 6) is 0.419. The molecule has 1 aromatic carbocycles. The van der Waals surface area contributed by atoms with Crippen LogP contribution < -0.4 is 0 Å². The summed E-state index contributed by atoms with van der Waals surface area (Å²) in [5, 5.41) is 1.09. The molecule has 18 heavy (non-hydrogen) atoms. The Balaban J connectivity index is 1.77. The quantitative estimate of drug-likeness (QED) is 0.746. The standard InChI is InChI=1S/C16H21OS/c1-18(13-8-3-2-4-9-13)15-11-12-7-5-6-10-14(12)16(15)17/h5-7,10,13,15H,2-4,8-9,11H2,1H3/q+1. The van der Waals surface area contributed by atoms with Gasteiger partial charge >= 0.3 is 0 Å². The highest BCUT2D eigenvalue weighted by Gasteiger charge is 2.44. The molecule has 2 heteroatoms. The maximum atomic E-state index is 12.5. The number of carbonyl (C=O) groups is 1. The van der Waals surface area contributed by atoms with Gasteiger partial charge in [-0.05, 0) is 42.1 Å². The molecule has 0 radical (unpaired) electrons. The molecule has 96 valence electrons. The average molecular weight is 261 g/mol. The van der Waals surface area contributed by atoms with Gasteiger partial charge in [0.2, 0.25) is 5.78 Å². The summed E-state index contributed by atoms with van der Waals surface area (Å²) in [7, 11) is 0.262. The molecule has 0 bridgehead atoms. The maximum Gasteiger partial charge on any atom is 0.215 e. The second-order valence-corrected chi connectivity index (χ2v) is 8.03. The maximum absolute atomic E-state index is 12.5. The zero-order valence-corrected chi connectivity index (χ0v) is 11.8. The van der Waals surface area contributed by atoms with Gasteiger partial charge < -0.3 is 0 Å². The minimum absolute atomic E-state index is 0.262. The van der Waals surface area contributed by atoms with Crippen molar-refractivity contribution in [1.29, 1.82) is 0 Å². The molecule has 0 heterocycles. The summed E-state index contributed by atoms with van der Waals surface area (Å²) in [5.41, 5.74) is 2.28. The van der Waals surface area contributed by atoms with Crippen LogP contribution in [0.1, 0.15) is 48.0 Å². The van der Waals surface area contributed by atoms with Crippen LogP contribution in [0.15, 0.2) is 24.3 Å². The van der Waals surface area contributed by atoms with E-state index in [-0.39, 0.29) is 16.1 Å². The third-order valence-electron chi connectivity index (χ3n) is 4.51. The first-order valence-corrected chi connectivity index (χ1v) is 8.79. The van der Waals surface area contributed by atoms with Crippen LogP contribution in [0.4, 0.5) is 0 Å². The van der Waals surface area contributed by atoms with Gasteiger partial charge in [-0.25, -0.2) is 0 Å². The van der Waals surface area contributed by atoms with E-state index in [9.17, 15) is 4.79 Å². The lowest BCUT2D eigenvalue weighted by molar-refractivity contribution is 0.0999. The highest BCUT2D eigenvalue weighted by molar-refractivity contribution is 7.98. The molecule has 1 aromatic rings. The number of ketones is 1. The largest absolute Gasteiger partial charge is 0.288 e. The number of hydrogen-bond acceptors (Lipinski definition) is 1. The first kappa shape index (κ1) is 12.3. The lowest BCUT2D eigenvalue weighted by atomic mass is 10.0. The molecule has 0 saturated heterocycles. The predicted octanol–water partition coefficient (Wildman–Crippen LogP) is 3.37. The summed E-state index contributed by atoms with van der Waals surface area (Å²) in [6.07, 6.45) is 10.2. The van der Waals surface area contributed by atoms with Crippen molar-refractivity contribution in [3.05, 3.63) is 35.4 Å². The van der Waals surface area contributed by atoms with Gasteiger partial charge in [0, 0.05) is 12.0 Å². The third kappa shape index (κ3) is 2.11. The van der Waals surface area contributed by atoms with Crippen molar-refractivity contribution < 1.29 is 4.79 Å². The first-order chi connectivity index (χ1) is 8.77. The fraction of sp³-hybridized carbons (Fsp3) is 0.562. The lowest BCUT2D eigenvalue weighted by Crippen LogP contribution is -2.36. The van der Waals surface area contributed by atoms with Crippen LogP contribution in [-0.4, -0.2) is 22.5 Å². The molecule has 2 unspecified atom stereocenters. The van der Waals surface area contributed by atoms with Crippen molar-refractivity contribution in [2.45, 2.75) is 49.0 Å². The Labute approximate surface area is 112 Å². The van der Waals surface area contributed by atoms with E-state index >= 15 is 0 Å². The van der Waals surface area contributed by atoms with Crippen LogP contribution in [0.3, 0.4) is 0 Å². The highest BCUT2D eigenvalue weighted by atomic mass is 32.2. The summed E-state index contributed by atoms with van der Waals surface area (Å²) in [6, 6.07) is 8.19. The molecule has 1 saturated carbocycles. The van der Waals surface area contributed by atoms with E-state index in [4.69, 9.17) is 0 Å². The molecule has 0 aromatic heterocycles. The third-order valence-corrected chi connectivity index (χ3v) is 7.31. The van der Waals surface area contributed by atoms with Crippen molar-refractivity contribution in [1.82, 2.24) is 0 Å². The molecule has 0 aliphatic heterocycles. The van der Waals surface area contributed by atoms with Crippen molar-refractivity contribution >= 4 is 16.7 Å². The topological polar surface area (TPSA) is 17.1 Å². The predicted molar refractivity (Wildman–Crippen MR) is 78.4 cm³/mol. The Hall–Kier alpha value is -0.760. The molecule has 0 N–H and O–H groups in total. The fourth-order valence-corrected chi connectivity index (χ4v) is 5.82. The molecular weight excluding hydrogens is 240 g/mol. The Morgan fingerprint density at radius 3 is 2.56 bits per heavy atom. The Bertz CT molecular complexity index is 448. The molecule has 0 spiro atoms. The molecule has 3 rings (SSSR count). The van der Waals surface area contributed by atoms with Gasteiger partial charge in [-0.15, -0.1) is 0 Å². The lowest BCUT2D eigenvalue weighted by Gasteiger charge is -2.23. The van der Waals surface area contributed by atoms with Gasteiger partial charge in [0.05, 0.1) is 6.26 Å². The van der Waals surface area contributed by atoms with Gasteiger partial charge in [-0.1, -0.05) is 30.7 Å². The molecule has 1 nitrogen and oxygen atoms in total. The van der Waals surface area contributed by atoms with Crippen molar-refractivity contribution in [3.8, 4) is 0 Å². The van der Waals surface area contributed by atoms with E-state index in [1.54, 1.807) is 0 Å². The number of fused-ring (bicyclic) bond motifs is 1. The van der Waals surface area contributed by atoms with Crippen molar-refractivity contribution in [2.24, 2.45) is 0 Å². The monoisotopic (exact) mass is 261 g/mol. The summed E-state index contributed by atoms with van der Waals surface area (Å²) in [6.45, 7) is 0. The summed E-state index contributed by atoms with van der Waals surface area (Å²) in [4.78, 5) is 12.5. The second-order valence-electron chi connectivity index (χ2n) is 5.58. The fourth-order valence-electron chi connectivity index (χ4n) is 3.37. The number of Topliss-reactive ketones (excluding diaryl/α,β-unsaturated/α-hetero) is 1. The van der Waals surface area contributed by atoms with Gasteiger partial charge in [0.15, 0.2) is 5.25 Å². The highest BCUT2D eigenvalue weighted by Crippen LogP contribution is 2.33. The van der Waals surface area contributed by atoms with Gasteiger partial charge in [-0.3, -0.25) is 4.79 Å². The number of carbonyl (C=O) groups excluding carboxylic acids is 1. The molecule has 2 atom stereocenters. The Kier molecular flexibility index (Phi) is 3.47. The van der Waals surface area contributed by atoms with Crippen LogP contribution >= 0.6 is 0 Å². The zero-order chi connectivity index (χ0) is 12.5. The number of benzene rings is 1. The van der Waals surface area contributed by atoms with Crippen LogP contribution in [0.25, 0.3) is 0 Å². The minimum atomic E-state index is 0.262. The second kappa shape index (κ2) is 5.08. The van der Waals surface area contributed by atoms with Crippen LogP contribution in [-0.2, 0) is 17.3 Å². The molecule has 2 aliphatic rings. The molecule has 0 amide bonds. The average Bonchev–Trinajstić information content (AvgIpc) is 2.77. The number of hydrogen-bond donors (Lipinski definition) is 0. The Morgan fingerprint density at radius 1 is 1.11 bits per heavy atom. The van der Waals surface area contributed by atoms with E-state index < -0.39 is 0 Å². The summed E-state index contributed by atoms with van der Waals surface area (Å²) < 4.78 is 0. The SMILES string of the molecule is C[S+](C1CCCCC1)C1Cc2ccccc2C1=O. The van der Waals surface area contributed by atoms with Crippen LogP contribution in [0.2, 0.25) is 0 Å². The van der Waals surface area contributed by atoms with Gasteiger partial charge in [0.1, 0.15) is 5.25 Å². The van der Waals surface area contributed by atoms with Gasteiger partial charge in [-0.2, -0.15) is 0 Å². The zero-order valence-electron chi connectivity index (χ0n) is 11.0. The Morgan fingerprint density at radius 2 is 1.83 bits per heavy atom. The van der Waals surface area contributed by atoms with E-state index in [1.807, 2.05) is 12.1 Å². The van der Waals surface area contributed by atoms with E-state index in [1.165, 1.54) is 37.7 Å². The molecule has 1 fully saturated rings. The van der Waals surface area contributed by atoms with Crippen molar-refractivity contribution in [3.63, 3.8) is 0 Å². The van der Waals surface area contributed by atoms with E-state index in [0.717, 1.165) is 17.2 Å². The van der Waals surface area contributed by atoms with E-state index in [2.05, 4.69) is 18.4 Å². The smallest absolute Gasteiger partial charge is 0.215 e. The minimum Gasteiger partial charge on any atom is -0.288 e. The first-order valence-electron chi connectivity index (χ1n) is 7.03. The van der Waals surface area contributed by atoms with Crippen LogP contribution in [0, 0.1) is 0 Å². The van der Waals surface area contributed by atoms with E-state index in [0.29, 0.717) is 5.78 Å². The number of rotatable bonds is 2. The molecular formula is C16H21OS+.